The molecule has 5 nitrogen and oxygen atoms in total. The van der Waals surface area contributed by atoms with Gasteiger partial charge in [-0.3, -0.25) is 4.79 Å². The van der Waals surface area contributed by atoms with Crippen molar-refractivity contribution in [3.63, 3.8) is 0 Å². The van der Waals surface area contributed by atoms with Crippen molar-refractivity contribution in [2.75, 3.05) is 13.6 Å². The monoisotopic (exact) mass is 381 g/mol. The number of phenolic OH excluding ortho intramolecular Hbond substituents is 1. The van der Waals surface area contributed by atoms with Crippen LogP contribution in [-0.4, -0.2) is 52.2 Å². The first-order chi connectivity index (χ1) is 10.5. The molecule has 1 saturated carbocycles. The van der Waals surface area contributed by atoms with Gasteiger partial charge in [-0.25, -0.2) is 0 Å². The van der Waals surface area contributed by atoms with Crippen LogP contribution in [0.2, 0.25) is 0 Å². The van der Waals surface area contributed by atoms with Crippen molar-refractivity contribution >= 4 is 22.8 Å². The topological polar surface area (TPSA) is 70.0 Å². The highest BCUT2D eigenvalue weighted by Crippen LogP contribution is 2.64. The van der Waals surface area contributed by atoms with Crippen molar-refractivity contribution in [2.45, 2.75) is 48.8 Å². The Morgan fingerprint density at radius 3 is 2.91 bits per heavy atom. The van der Waals surface area contributed by atoms with Crippen LogP contribution in [0.4, 0.5) is 0 Å². The number of phenols is 1. The normalized spacial score (nSPS) is 40.2. The van der Waals surface area contributed by atoms with Gasteiger partial charge in [-0.05, 0) is 44.5 Å². The molecular formula is C17H20BrNO4. The Bertz CT molecular complexity index is 723. The zero-order valence-electron chi connectivity index (χ0n) is 12.9. The number of carbonyl (C=O) groups excluding carboxylic acids is 1. The van der Waals surface area contributed by atoms with E-state index in [9.17, 15) is 15.0 Å². The number of nitrogens with zero attached hydrogens (tertiary/aromatic N) is 1. The second-order valence-electron chi connectivity index (χ2n) is 7.26. The van der Waals surface area contributed by atoms with E-state index in [4.69, 9.17) is 4.74 Å². The number of aromatic hydroxyl groups is 1. The van der Waals surface area contributed by atoms with Crippen molar-refractivity contribution in [1.29, 1.82) is 0 Å². The molecular weight excluding hydrogens is 362 g/mol. The fourth-order valence-corrected chi connectivity index (χ4v) is 5.54. The summed E-state index contributed by atoms with van der Waals surface area (Å²) in [6.07, 6.45) is 1.61. The van der Waals surface area contributed by atoms with Gasteiger partial charge in [0.2, 0.25) is 0 Å². The van der Waals surface area contributed by atoms with Crippen LogP contribution >= 0.6 is 17.0 Å². The highest BCUT2D eigenvalue weighted by Gasteiger charge is 2.72. The Labute approximate surface area is 145 Å². The van der Waals surface area contributed by atoms with Crippen LogP contribution in [0.1, 0.15) is 30.4 Å². The van der Waals surface area contributed by atoms with Gasteiger partial charge in [0, 0.05) is 18.0 Å². The number of carbonyl (C=O) groups is 1. The Morgan fingerprint density at radius 1 is 1.35 bits per heavy atom. The van der Waals surface area contributed by atoms with Crippen LogP contribution in [0.5, 0.6) is 11.5 Å². The first-order valence-electron chi connectivity index (χ1n) is 7.96. The molecule has 4 atom stereocenters. The van der Waals surface area contributed by atoms with E-state index in [1.807, 2.05) is 13.1 Å². The van der Waals surface area contributed by atoms with Crippen LogP contribution in [0.3, 0.4) is 0 Å². The Hall–Kier alpha value is -1.11. The second-order valence-corrected chi connectivity index (χ2v) is 7.26. The number of rotatable bonds is 0. The summed E-state index contributed by atoms with van der Waals surface area (Å²) in [5.41, 5.74) is 0.370. The number of likely N-dealkylation sites (N-methyl/N-ethyl adjacent to an activating group) is 1. The van der Waals surface area contributed by atoms with E-state index in [1.165, 1.54) is 0 Å². The predicted octanol–water partition coefficient (Wildman–Crippen LogP) is 1.32. The molecule has 0 unspecified atom stereocenters. The van der Waals surface area contributed by atoms with Crippen LogP contribution in [0, 0.1) is 0 Å². The summed E-state index contributed by atoms with van der Waals surface area (Å²) in [6, 6.07) is 3.57. The number of benzene rings is 1. The van der Waals surface area contributed by atoms with E-state index in [1.54, 1.807) is 6.07 Å². The van der Waals surface area contributed by atoms with Crippen molar-refractivity contribution < 1.29 is 19.7 Å². The molecule has 0 aromatic heterocycles. The number of hydrogen-bond acceptors (Lipinski definition) is 5. The highest BCUT2D eigenvalue weighted by molar-refractivity contribution is 8.93. The van der Waals surface area contributed by atoms with Crippen molar-refractivity contribution in [2.24, 2.45) is 0 Å². The molecule has 124 valence electrons. The van der Waals surface area contributed by atoms with Crippen LogP contribution in [-0.2, 0) is 16.6 Å². The van der Waals surface area contributed by atoms with Gasteiger partial charge in [0.05, 0.1) is 11.0 Å². The van der Waals surface area contributed by atoms with Crippen LogP contribution < -0.4 is 4.74 Å². The minimum absolute atomic E-state index is 0. The standard InChI is InChI=1S/C17H19NO4.BrH/c1-18-7-6-16-13-9-2-3-10(19)14(13)22-15(16)11(20)4-5-17(16,21)12(18)8-9;/h2-3,12,15,19,21H,4-8H2,1H3;1H/t12-,15+,16+,17-;/m1./s1. The number of hydrogen-bond donors (Lipinski definition) is 2. The largest absolute Gasteiger partial charge is 0.504 e. The fourth-order valence-electron chi connectivity index (χ4n) is 5.54. The maximum atomic E-state index is 12.5. The van der Waals surface area contributed by atoms with E-state index >= 15 is 0 Å². The Morgan fingerprint density at radius 2 is 2.13 bits per heavy atom. The third-order valence-corrected chi connectivity index (χ3v) is 6.53. The van der Waals surface area contributed by atoms with Gasteiger partial charge in [-0.1, -0.05) is 6.07 Å². The first-order valence-corrected chi connectivity index (χ1v) is 7.96. The predicted molar refractivity (Wildman–Crippen MR) is 88.5 cm³/mol. The number of Topliss-reactive ketones (excluding diaryl/α,β-unsaturated/α-hetero) is 1. The average Bonchev–Trinajstić information content (AvgIpc) is 2.85. The molecule has 0 radical (unpaired) electrons. The van der Waals surface area contributed by atoms with Crippen molar-refractivity contribution in [3.8, 4) is 11.5 Å². The number of piperidine rings is 1. The Balaban J connectivity index is 0.00000135. The van der Waals surface area contributed by atoms with Gasteiger partial charge in [0.15, 0.2) is 23.4 Å². The van der Waals surface area contributed by atoms with Gasteiger partial charge >= 0.3 is 0 Å². The lowest BCUT2D eigenvalue weighted by atomic mass is 9.49. The minimum Gasteiger partial charge on any atom is -0.504 e. The average molecular weight is 382 g/mol. The third-order valence-electron chi connectivity index (χ3n) is 6.53. The van der Waals surface area contributed by atoms with Gasteiger partial charge in [-0.2, -0.15) is 0 Å². The summed E-state index contributed by atoms with van der Waals surface area (Å²) in [5, 5.41) is 21.8. The quantitative estimate of drug-likeness (QED) is 0.709. The lowest BCUT2D eigenvalue weighted by Crippen LogP contribution is -2.76. The molecule has 2 heterocycles. The molecule has 2 aliphatic heterocycles. The van der Waals surface area contributed by atoms with Gasteiger partial charge in [0.1, 0.15) is 0 Å². The molecule has 6 heteroatoms. The lowest BCUT2D eigenvalue weighted by molar-refractivity contribution is -0.185. The summed E-state index contributed by atoms with van der Waals surface area (Å²) in [4.78, 5) is 14.7. The first kappa shape index (κ1) is 15.4. The van der Waals surface area contributed by atoms with E-state index in [0.717, 1.165) is 24.1 Å². The van der Waals surface area contributed by atoms with E-state index < -0.39 is 17.1 Å². The van der Waals surface area contributed by atoms with Crippen molar-refractivity contribution in [3.05, 3.63) is 23.3 Å². The number of ketones is 1. The Kier molecular flexibility index (Phi) is 3.01. The SMILES string of the molecule is Br.CN1CC[C@]23c4c5ccc(O)c4O[C@H]2C(=O)CC[C@@]3(O)[C@H]1C5. The number of likely N-dealkylation sites (tertiary alicyclic amines) is 1. The zero-order valence-corrected chi connectivity index (χ0v) is 14.6. The maximum absolute atomic E-state index is 12.5. The number of halogens is 1. The summed E-state index contributed by atoms with van der Waals surface area (Å²) in [5.74, 6) is 0.561. The number of aliphatic hydroxyl groups is 1. The molecule has 1 spiro atoms. The molecule has 2 bridgehead atoms. The van der Waals surface area contributed by atoms with E-state index in [-0.39, 0.29) is 34.6 Å². The van der Waals surface area contributed by atoms with Gasteiger partial charge in [0.25, 0.3) is 0 Å². The molecule has 1 saturated heterocycles. The van der Waals surface area contributed by atoms with Crippen molar-refractivity contribution in [1.82, 2.24) is 4.90 Å². The molecule has 23 heavy (non-hydrogen) atoms. The fraction of sp³-hybridized carbons (Fsp3) is 0.588. The molecule has 1 aromatic carbocycles. The van der Waals surface area contributed by atoms with E-state index in [0.29, 0.717) is 25.0 Å². The number of ether oxygens (including phenoxy) is 1. The molecule has 2 fully saturated rings. The second kappa shape index (κ2) is 4.49. The lowest BCUT2D eigenvalue weighted by Gasteiger charge is -2.61. The van der Waals surface area contributed by atoms with Gasteiger partial charge in [-0.15, -0.1) is 17.0 Å². The molecule has 4 aliphatic rings. The summed E-state index contributed by atoms with van der Waals surface area (Å²) < 4.78 is 5.94. The summed E-state index contributed by atoms with van der Waals surface area (Å²) in [6.45, 7) is 0.828. The highest BCUT2D eigenvalue weighted by atomic mass is 79.9. The smallest absolute Gasteiger partial charge is 0.174 e. The van der Waals surface area contributed by atoms with Crippen LogP contribution in [0.15, 0.2) is 12.1 Å². The van der Waals surface area contributed by atoms with Crippen LogP contribution in [0.25, 0.3) is 0 Å². The molecule has 2 N–H and O–H groups in total. The molecule has 0 amide bonds. The summed E-state index contributed by atoms with van der Waals surface area (Å²) >= 11 is 0. The molecule has 1 aromatic rings. The summed E-state index contributed by atoms with van der Waals surface area (Å²) in [7, 11) is 2.04. The minimum atomic E-state index is -0.954. The van der Waals surface area contributed by atoms with Gasteiger partial charge < -0.3 is 19.8 Å². The van der Waals surface area contributed by atoms with E-state index in [2.05, 4.69) is 4.90 Å². The molecule has 2 aliphatic carbocycles. The third kappa shape index (κ3) is 1.48. The molecule has 5 rings (SSSR count). The zero-order chi connectivity index (χ0) is 15.3. The maximum Gasteiger partial charge on any atom is 0.174 e.